The maximum Gasteiger partial charge on any atom is 0.342 e. The van der Waals surface area contributed by atoms with Crippen molar-refractivity contribution in [1.29, 1.82) is 0 Å². The molecule has 0 N–H and O–H groups in total. The molecule has 0 aliphatic rings. The van der Waals surface area contributed by atoms with Crippen LogP contribution in [0.1, 0.15) is 28.5 Å². The van der Waals surface area contributed by atoms with E-state index in [1.807, 2.05) is 55.5 Å². The third-order valence-electron chi connectivity index (χ3n) is 3.81. The maximum absolute atomic E-state index is 12.3. The zero-order chi connectivity index (χ0) is 18.9. The topological polar surface area (TPSA) is 57.7 Å². The van der Waals surface area contributed by atoms with Crippen molar-refractivity contribution in [3.05, 3.63) is 89.7 Å². The molecule has 0 bridgehead atoms. The van der Waals surface area contributed by atoms with Crippen molar-refractivity contribution < 1.29 is 19.0 Å². The molecular formula is C22H21NO4. The monoisotopic (exact) mass is 363 g/mol. The van der Waals surface area contributed by atoms with Gasteiger partial charge in [-0.2, -0.15) is 0 Å². The van der Waals surface area contributed by atoms with Gasteiger partial charge in [-0.05, 0) is 48.9 Å². The standard InChI is InChI=1S/C22H21NO4/c1-2-25-21-9-4-3-8-20(21)22(24)27-15-17-10-12-19(13-11-17)26-16-18-7-5-6-14-23-18/h3-14H,2,15-16H2,1H3. The number of hydrogen-bond acceptors (Lipinski definition) is 5. The molecule has 3 rings (SSSR count). The predicted molar refractivity (Wildman–Crippen MR) is 102 cm³/mol. The molecule has 0 saturated carbocycles. The summed E-state index contributed by atoms with van der Waals surface area (Å²) >= 11 is 0. The highest BCUT2D eigenvalue weighted by Crippen LogP contribution is 2.20. The minimum Gasteiger partial charge on any atom is -0.493 e. The van der Waals surface area contributed by atoms with E-state index in [4.69, 9.17) is 14.2 Å². The van der Waals surface area contributed by atoms with Gasteiger partial charge in [0.2, 0.25) is 0 Å². The number of pyridine rings is 1. The Morgan fingerprint density at radius 3 is 2.41 bits per heavy atom. The molecule has 0 radical (unpaired) electrons. The smallest absolute Gasteiger partial charge is 0.342 e. The number of rotatable bonds is 8. The Hall–Kier alpha value is -3.34. The van der Waals surface area contributed by atoms with E-state index in [1.165, 1.54) is 0 Å². The van der Waals surface area contributed by atoms with Crippen LogP contribution < -0.4 is 9.47 Å². The van der Waals surface area contributed by atoms with Gasteiger partial charge in [-0.25, -0.2) is 4.79 Å². The first-order chi connectivity index (χ1) is 13.3. The van der Waals surface area contributed by atoms with Crippen LogP contribution in [-0.4, -0.2) is 17.6 Å². The number of aromatic nitrogens is 1. The highest BCUT2D eigenvalue weighted by Gasteiger charge is 2.13. The molecule has 0 spiro atoms. The van der Waals surface area contributed by atoms with Crippen LogP contribution in [-0.2, 0) is 18.0 Å². The summed E-state index contributed by atoms with van der Waals surface area (Å²) < 4.78 is 16.6. The van der Waals surface area contributed by atoms with Gasteiger partial charge in [0.1, 0.15) is 30.3 Å². The molecule has 0 amide bonds. The first-order valence-corrected chi connectivity index (χ1v) is 8.77. The molecule has 3 aromatic rings. The number of ether oxygens (including phenoxy) is 3. The van der Waals surface area contributed by atoms with Crippen LogP contribution in [0.25, 0.3) is 0 Å². The van der Waals surface area contributed by atoms with Gasteiger partial charge in [0.15, 0.2) is 0 Å². The van der Waals surface area contributed by atoms with Gasteiger partial charge in [-0.3, -0.25) is 4.98 Å². The number of carbonyl (C=O) groups excluding carboxylic acids is 1. The minimum atomic E-state index is -0.408. The lowest BCUT2D eigenvalue weighted by molar-refractivity contribution is 0.0468. The average molecular weight is 363 g/mol. The quantitative estimate of drug-likeness (QED) is 0.555. The van der Waals surface area contributed by atoms with Gasteiger partial charge in [-0.15, -0.1) is 0 Å². The molecule has 0 unspecified atom stereocenters. The zero-order valence-corrected chi connectivity index (χ0v) is 15.1. The fraction of sp³-hybridized carbons (Fsp3) is 0.182. The van der Waals surface area contributed by atoms with Crippen LogP contribution in [0.3, 0.4) is 0 Å². The molecule has 1 aromatic heterocycles. The lowest BCUT2D eigenvalue weighted by atomic mass is 10.2. The number of hydrogen-bond donors (Lipinski definition) is 0. The first-order valence-electron chi connectivity index (χ1n) is 8.77. The lowest BCUT2D eigenvalue weighted by Gasteiger charge is -2.10. The fourth-order valence-electron chi connectivity index (χ4n) is 2.47. The Kier molecular flexibility index (Phi) is 6.41. The predicted octanol–water partition coefficient (Wildman–Crippen LogP) is 4.42. The van der Waals surface area contributed by atoms with E-state index in [-0.39, 0.29) is 6.61 Å². The van der Waals surface area contributed by atoms with Gasteiger partial charge in [0, 0.05) is 6.20 Å². The van der Waals surface area contributed by atoms with E-state index in [1.54, 1.807) is 24.4 Å². The molecule has 5 nitrogen and oxygen atoms in total. The highest BCUT2D eigenvalue weighted by atomic mass is 16.5. The van der Waals surface area contributed by atoms with Crippen molar-refractivity contribution in [3.8, 4) is 11.5 Å². The average Bonchev–Trinajstić information content (AvgIpc) is 2.73. The molecule has 138 valence electrons. The molecule has 0 aliphatic heterocycles. The molecule has 27 heavy (non-hydrogen) atoms. The highest BCUT2D eigenvalue weighted by molar-refractivity contribution is 5.92. The SMILES string of the molecule is CCOc1ccccc1C(=O)OCc1ccc(OCc2ccccn2)cc1. The van der Waals surface area contributed by atoms with Crippen LogP contribution in [0.5, 0.6) is 11.5 Å². The van der Waals surface area contributed by atoms with E-state index in [0.29, 0.717) is 24.5 Å². The van der Waals surface area contributed by atoms with Gasteiger partial charge in [-0.1, -0.05) is 30.3 Å². The summed E-state index contributed by atoms with van der Waals surface area (Å²) in [6, 6.07) is 20.2. The summed E-state index contributed by atoms with van der Waals surface area (Å²) in [5, 5.41) is 0. The lowest BCUT2D eigenvalue weighted by Crippen LogP contribution is -2.08. The molecular weight excluding hydrogens is 342 g/mol. The number of benzene rings is 2. The Labute approximate surface area is 158 Å². The van der Waals surface area contributed by atoms with Crippen molar-refractivity contribution in [1.82, 2.24) is 4.98 Å². The molecule has 5 heteroatoms. The van der Waals surface area contributed by atoms with Crippen molar-refractivity contribution in [3.63, 3.8) is 0 Å². The molecule has 0 atom stereocenters. The third-order valence-corrected chi connectivity index (χ3v) is 3.81. The first kappa shape index (κ1) is 18.5. The van der Waals surface area contributed by atoms with Crippen molar-refractivity contribution in [2.75, 3.05) is 6.61 Å². The molecule has 1 heterocycles. The summed E-state index contributed by atoms with van der Waals surface area (Å²) in [6.07, 6.45) is 1.74. The summed E-state index contributed by atoms with van der Waals surface area (Å²) in [5.41, 5.74) is 2.17. The van der Waals surface area contributed by atoms with Gasteiger partial charge in [0.05, 0.1) is 12.3 Å². The normalized spacial score (nSPS) is 10.3. The van der Waals surface area contributed by atoms with E-state index in [9.17, 15) is 4.79 Å². The molecule has 0 saturated heterocycles. The summed E-state index contributed by atoms with van der Waals surface area (Å²) in [5.74, 6) is 0.857. The number of para-hydroxylation sites is 1. The van der Waals surface area contributed by atoms with Crippen molar-refractivity contribution in [2.45, 2.75) is 20.1 Å². The second-order valence-electron chi connectivity index (χ2n) is 5.76. The summed E-state index contributed by atoms with van der Waals surface area (Å²) in [6.45, 7) is 2.95. The van der Waals surface area contributed by atoms with Crippen LogP contribution in [0.4, 0.5) is 0 Å². The molecule has 0 fully saturated rings. The Balaban J connectivity index is 1.53. The van der Waals surface area contributed by atoms with E-state index in [2.05, 4.69) is 4.98 Å². The van der Waals surface area contributed by atoms with E-state index < -0.39 is 5.97 Å². The third kappa shape index (κ3) is 5.31. The maximum atomic E-state index is 12.3. The van der Waals surface area contributed by atoms with Crippen LogP contribution in [0.2, 0.25) is 0 Å². The van der Waals surface area contributed by atoms with Gasteiger partial charge < -0.3 is 14.2 Å². The zero-order valence-electron chi connectivity index (χ0n) is 15.1. The number of esters is 1. The van der Waals surface area contributed by atoms with E-state index >= 15 is 0 Å². The van der Waals surface area contributed by atoms with Crippen LogP contribution >= 0.6 is 0 Å². The number of nitrogens with zero attached hydrogens (tertiary/aromatic N) is 1. The second kappa shape index (κ2) is 9.38. The summed E-state index contributed by atoms with van der Waals surface area (Å²) in [4.78, 5) is 16.5. The largest absolute Gasteiger partial charge is 0.493 e. The van der Waals surface area contributed by atoms with Crippen LogP contribution in [0.15, 0.2) is 72.9 Å². The fourth-order valence-corrected chi connectivity index (χ4v) is 2.47. The Bertz CT molecular complexity index is 863. The van der Waals surface area contributed by atoms with Crippen molar-refractivity contribution in [2.24, 2.45) is 0 Å². The summed E-state index contributed by atoms with van der Waals surface area (Å²) in [7, 11) is 0. The van der Waals surface area contributed by atoms with Crippen molar-refractivity contribution >= 4 is 5.97 Å². The Morgan fingerprint density at radius 1 is 0.889 bits per heavy atom. The van der Waals surface area contributed by atoms with E-state index in [0.717, 1.165) is 17.0 Å². The van der Waals surface area contributed by atoms with Gasteiger partial charge in [0.25, 0.3) is 0 Å². The van der Waals surface area contributed by atoms with Gasteiger partial charge >= 0.3 is 5.97 Å². The Morgan fingerprint density at radius 2 is 1.67 bits per heavy atom. The second-order valence-corrected chi connectivity index (χ2v) is 5.76. The molecule has 2 aromatic carbocycles. The minimum absolute atomic E-state index is 0.180. The number of carbonyl (C=O) groups is 1. The molecule has 0 aliphatic carbocycles. The van der Waals surface area contributed by atoms with Crippen LogP contribution in [0, 0.1) is 0 Å².